The highest BCUT2D eigenvalue weighted by atomic mass is 16.4. The van der Waals surface area contributed by atoms with Crippen LogP contribution in [0, 0.1) is 26.7 Å². The van der Waals surface area contributed by atoms with Crippen LogP contribution in [0.2, 0.25) is 0 Å². The third-order valence-corrected chi connectivity index (χ3v) is 4.73. The molecule has 2 heterocycles. The Balaban J connectivity index is 1.69. The average Bonchev–Trinajstić information content (AvgIpc) is 3.16. The van der Waals surface area contributed by atoms with Crippen molar-refractivity contribution < 1.29 is 14.0 Å². The van der Waals surface area contributed by atoms with Crippen molar-refractivity contribution in [2.45, 2.75) is 40.2 Å². The van der Waals surface area contributed by atoms with Gasteiger partial charge in [0.15, 0.2) is 0 Å². The van der Waals surface area contributed by atoms with E-state index in [0.29, 0.717) is 18.2 Å². The quantitative estimate of drug-likeness (QED) is 0.928. The SMILES string of the molecule is Cc1cnc(C(C)NC(=O)C2CC(=O)N(c3cccc(C)c3C)C2)o1. The smallest absolute Gasteiger partial charge is 0.227 e. The topological polar surface area (TPSA) is 75.4 Å². The van der Waals surface area contributed by atoms with Crippen molar-refractivity contribution >= 4 is 17.5 Å². The van der Waals surface area contributed by atoms with Crippen molar-refractivity contribution in [1.29, 1.82) is 0 Å². The van der Waals surface area contributed by atoms with Crippen LogP contribution in [0.15, 0.2) is 28.8 Å². The van der Waals surface area contributed by atoms with Crippen LogP contribution in [0.1, 0.15) is 42.2 Å². The molecule has 2 amide bonds. The standard InChI is InChI=1S/C19H23N3O3/c1-11-6-5-7-16(13(11)3)22-10-15(8-17(22)23)18(24)21-14(4)19-20-9-12(2)25-19/h5-7,9,14-15H,8,10H2,1-4H3,(H,21,24). The van der Waals surface area contributed by atoms with Gasteiger partial charge in [0, 0.05) is 18.7 Å². The zero-order valence-corrected chi connectivity index (χ0v) is 15.0. The van der Waals surface area contributed by atoms with Crippen LogP contribution in [0.25, 0.3) is 0 Å². The molecule has 2 atom stereocenters. The third-order valence-electron chi connectivity index (χ3n) is 4.73. The van der Waals surface area contributed by atoms with Crippen LogP contribution in [-0.2, 0) is 9.59 Å². The second-order valence-corrected chi connectivity index (χ2v) is 6.66. The first kappa shape index (κ1) is 17.2. The molecule has 0 saturated carbocycles. The first-order chi connectivity index (χ1) is 11.9. The van der Waals surface area contributed by atoms with Crippen molar-refractivity contribution in [3.8, 4) is 0 Å². The largest absolute Gasteiger partial charge is 0.444 e. The maximum Gasteiger partial charge on any atom is 0.227 e. The fourth-order valence-electron chi connectivity index (χ4n) is 3.11. The van der Waals surface area contributed by atoms with Crippen molar-refractivity contribution in [2.24, 2.45) is 5.92 Å². The van der Waals surface area contributed by atoms with E-state index >= 15 is 0 Å². The number of anilines is 1. The van der Waals surface area contributed by atoms with E-state index in [9.17, 15) is 9.59 Å². The molecule has 0 radical (unpaired) electrons. The van der Waals surface area contributed by atoms with Gasteiger partial charge in [0.25, 0.3) is 0 Å². The van der Waals surface area contributed by atoms with Gasteiger partial charge in [-0.15, -0.1) is 0 Å². The van der Waals surface area contributed by atoms with E-state index in [1.807, 2.05) is 45.9 Å². The highest BCUT2D eigenvalue weighted by molar-refractivity contribution is 6.00. The number of carbonyl (C=O) groups is 2. The highest BCUT2D eigenvalue weighted by Gasteiger charge is 2.36. The van der Waals surface area contributed by atoms with Crippen LogP contribution in [0.3, 0.4) is 0 Å². The number of benzene rings is 1. The Hall–Kier alpha value is -2.63. The second-order valence-electron chi connectivity index (χ2n) is 6.66. The van der Waals surface area contributed by atoms with Crippen molar-refractivity contribution in [2.75, 3.05) is 11.4 Å². The molecular weight excluding hydrogens is 318 g/mol. The van der Waals surface area contributed by atoms with Crippen LogP contribution in [0.4, 0.5) is 5.69 Å². The van der Waals surface area contributed by atoms with E-state index in [2.05, 4.69) is 10.3 Å². The molecule has 0 spiro atoms. The highest BCUT2D eigenvalue weighted by Crippen LogP contribution is 2.29. The maximum absolute atomic E-state index is 12.6. The second kappa shape index (κ2) is 6.70. The van der Waals surface area contributed by atoms with E-state index in [1.54, 1.807) is 11.1 Å². The van der Waals surface area contributed by atoms with Crippen molar-refractivity contribution in [3.63, 3.8) is 0 Å². The number of amides is 2. The summed E-state index contributed by atoms with van der Waals surface area (Å²) in [5.74, 6) is 0.638. The fraction of sp³-hybridized carbons (Fsp3) is 0.421. The number of oxazole rings is 1. The molecule has 0 bridgehead atoms. The Morgan fingerprint density at radius 3 is 2.80 bits per heavy atom. The summed E-state index contributed by atoms with van der Waals surface area (Å²) < 4.78 is 5.45. The molecule has 6 nitrogen and oxygen atoms in total. The third kappa shape index (κ3) is 3.43. The van der Waals surface area contributed by atoms with Gasteiger partial charge in [-0.1, -0.05) is 12.1 Å². The monoisotopic (exact) mass is 341 g/mol. The molecule has 0 aliphatic carbocycles. The summed E-state index contributed by atoms with van der Waals surface area (Å²) in [6, 6.07) is 5.55. The first-order valence-corrected chi connectivity index (χ1v) is 8.46. The van der Waals surface area contributed by atoms with Gasteiger partial charge in [0.2, 0.25) is 17.7 Å². The van der Waals surface area contributed by atoms with E-state index in [4.69, 9.17) is 4.42 Å². The van der Waals surface area contributed by atoms with Gasteiger partial charge in [0.05, 0.1) is 12.1 Å². The number of nitrogens with one attached hydrogen (secondary N) is 1. The van der Waals surface area contributed by atoms with E-state index in [-0.39, 0.29) is 30.2 Å². The Kier molecular flexibility index (Phi) is 4.61. The summed E-state index contributed by atoms with van der Waals surface area (Å²) in [6.07, 6.45) is 1.84. The number of aromatic nitrogens is 1. The summed E-state index contributed by atoms with van der Waals surface area (Å²) >= 11 is 0. The van der Waals surface area contributed by atoms with Gasteiger partial charge in [-0.3, -0.25) is 9.59 Å². The minimum absolute atomic E-state index is 0.0199. The lowest BCUT2D eigenvalue weighted by Gasteiger charge is -2.20. The number of hydrogen-bond acceptors (Lipinski definition) is 4. The molecule has 1 fully saturated rings. The predicted molar refractivity (Wildman–Crippen MR) is 94.2 cm³/mol. The predicted octanol–water partition coefficient (Wildman–Crippen LogP) is 2.83. The van der Waals surface area contributed by atoms with Crippen molar-refractivity contribution in [3.05, 3.63) is 47.2 Å². The van der Waals surface area contributed by atoms with Gasteiger partial charge >= 0.3 is 0 Å². The number of carbonyl (C=O) groups excluding carboxylic acids is 2. The van der Waals surface area contributed by atoms with Crippen LogP contribution < -0.4 is 10.2 Å². The first-order valence-electron chi connectivity index (χ1n) is 8.46. The van der Waals surface area contributed by atoms with Gasteiger partial charge in [-0.05, 0) is 44.9 Å². The molecule has 3 rings (SSSR count). The van der Waals surface area contributed by atoms with Crippen molar-refractivity contribution in [1.82, 2.24) is 10.3 Å². The number of nitrogens with zero attached hydrogens (tertiary/aromatic N) is 2. The molecular formula is C19H23N3O3. The Morgan fingerprint density at radius 1 is 1.36 bits per heavy atom. The Morgan fingerprint density at radius 2 is 2.12 bits per heavy atom. The molecule has 1 saturated heterocycles. The molecule has 2 unspecified atom stereocenters. The van der Waals surface area contributed by atoms with E-state index in [1.165, 1.54) is 0 Å². The normalized spacial score (nSPS) is 18.5. The summed E-state index contributed by atoms with van der Waals surface area (Å²) in [4.78, 5) is 30.8. The molecule has 1 aromatic carbocycles. The minimum atomic E-state index is -0.370. The van der Waals surface area contributed by atoms with E-state index in [0.717, 1.165) is 16.8 Å². The molecule has 1 aromatic heterocycles. The maximum atomic E-state index is 12.6. The molecule has 132 valence electrons. The Bertz CT molecular complexity index is 812. The average molecular weight is 341 g/mol. The lowest BCUT2D eigenvalue weighted by Crippen LogP contribution is -2.34. The number of hydrogen-bond donors (Lipinski definition) is 1. The van der Waals surface area contributed by atoms with Gasteiger partial charge in [0.1, 0.15) is 11.8 Å². The molecule has 2 aromatic rings. The molecule has 1 aliphatic rings. The summed E-state index contributed by atoms with van der Waals surface area (Å²) in [7, 11) is 0. The summed E-state index contributed by atoms with van der Waals surface area (Å²) in [5, 5.41) is 2.90. The summed E-state index contributed by atoms with van der Waals surface area (Å²) in [5.41, 5.74) is 3.09. The van der Waals surface area contributed by atoms with Gasteiger partial charge in [-0.25, -0.2) is 4.98 Å². The zero-order valence-electron chi connectivity index (χ0n) is 15.0. The Labute approximate surface area is 147 Å². The molecule has 1 aliphatic heterocycles. The lowest BCUT2D eigenvalue weighted by molar-refractivity contribution is -0.127. The molecule has 1 N–H and O–H groups in total. The lowest BCUT2D eigenvalue weighted by atomic mass is 10.1. The molecule has 6 heteroatoms. The molecule has 25 heavy (non-hydrogen) atoms. The zero-order chi connectivity index (χ0) is 18.1. The van der Waals surface area contributed by atoms with Crippen LogP contribution >= 0.6 is 0 Å². The van der Waals surface area contributed by atoms with Gasteiger partial charge in [-0.2, -0.15) is 0 Å². The minimum Gasteiger partial charge on any atom is -0.444 e. The van der Waals surface area contributed by atoms with Crippen LogP contribution in [-0.4, -0.2) is 23.3 Å². The van der Waals surface area contributed by atoms with E-state index < -0.39 is 0 Å². The fourth-order valence-corrected chi connectivity index (χ4v) is 3.11. The summed E-state index contributed by atoms with van der Waals surface area (Å²) in [6.45, 7) is 8.04. The van der Waals surface area contributed by atoms with Gasteiger partial charge < -0.3 is 14.6 Å². The number of aryl methyl sites for hydroxylation is 2. The van der Waals surface area contributed by atoms with Crippen LogP contribution in [0.5, 0.6) is 0 Å². The number of rotatable bonds is 4.